The lowest BCUT2D eigenvalue weighted by molar-refractivity contribution is -0.130. The van der Waals surface area contributed by atoms with Crippen LogP contribution in [0.5, 0.6) is 34.5 Å². The van der Waals surface area contributed by atoms with Gasteiger partial charge in [0.15, 0.2) is 28.8 Å². The zero-order chi connectivity index (χ0) is 30.2. The van der Waals surface area contributed by atoms with Crippen LogP contribution in [-0.4, -0.2) is 77.1 Å². The van der Waals surface area contributed by atoms with Crippen molar-refractivity contribution >= 4 is 17.3 Å². The van der Waals surface area contributed by atoms with E-state index in [2.05, 4.69) is 4.90 Å². The number of allylic oxidation sites excluding steroid dienone is 1. The molecule has 0 bridgehead atoms. The second-order valence-corrected chi connectivity index (χ2v) is 9.80. The summed E-state index contributed by atoms with van der Waals surface area (Å²) >= 11 is 0. The number of rotatable bonds is 14. The van der Waals surface area contributed by atoms with Crippen LogP contribution < -0.4 is 28.4 Å². The molecule has 1 aliphatic heterocycles. The number of methoxy groups -OCH3 is 3. The van der Waals surface area contributed by atoms with E-state index >= 15 is 0 Å². The van der Waals surface area contributed by atoms with Crippen molar-refractivity contribution in [2.45, 2.75) is 12.8 Å². The second kappa shape index (κ2) is 13.8. The highest BCUT2D eigenvalue weighted by Crippen LogP contribution is 2.40. The monoisotopic (exact) mass is 577 g/mol. The number of carbonyl (C=O) groups is 2. The molecule has 0 saturated heterocycles. The zero-order valence-corrected chi connectivity index (χ0v) is 24.4. The van der Waals surface area contributed by atoms with E-state index in [1.165, 1.54) is 21.3 Å². The fourth-order valence-corrected chi connectivity index (χ4v) is 4.64. The van der Waals surface area contributed by atoms with Gasteiger partial charge in [0.05, 0.1) is 33.5 Å². The van der Waals surface area contributed by atoms with Gasteiger partial charge in [0.1, 0.15) is 5.75 Å². The third kappa shape index (κ3) is 6.95. The molecule has 0 aliphatic carbocycles. The summed E-state index contributed by atoms with van der Waals surface area (Å²) in [6, 6.07) is 14.8. The maximum absolute atomic E-state index is 14.0. The number of carboxylic acid groups (broad SMARTS) is 1. The second-order valence-electron chi connectivity index (χ2n) is 9.80. The third-order valence-electron chi connectivity index (χ3n) is 6.70. The van der Waals surface area contributed by atoms with Crippen LogP contribution in [0.2, 0.25) is 0 Å². The number of carbonyl (C=O) groups excluding carboxylic acids is 1. The number of aliphatic carboxylic acids is 1. The zero-order valence-electron chi connectivity index (χ0n) is 24.4. The van der Waals surface area contributed by atoms with Crippen molar-refractivity contribution in [2.75, 3.05) is 55.4 Å². The van der Waals surface area contributed by atoms with Crippen LogP contribution in [0.15, 0.2) is 60.2 Å². The molecule has 4 rings (SSSR count). The molecule has 3 aromatic carbocycles. The molecule has 222 valence electrons. The van der Waals surface area contributed by atoms with Gasteiger partial charge in [-0.3, -0.25) is 4.79 Å². The lowest BCUT2D eigenvalue weighted by atomic mass is 9.89. The van der Waals surface area contributed by atoms with Crippen LogP contribution in [0, 0.1) is 0 Å². The average Bonchev–Trinajstić information content (AvgIpc) is 3.46. The van der Waals surface area contributed by atoms with Crippen LogP contribution in [0.4, 0.5) is 0 Å². The summed E-state index contributed by atoms with van der Waals surface area (Å²) in [6.45, 7) is 1.29. The molecule has 10 heteroatoms. The van der Waals surface area contributed by atoms with Crippen LogP contribution in [0.3, 0.4) is 0 Å². The molecule has 1 aliphatic rings. The van der Waals surface area contributed by atoms with Gasteiger partial charge in [-0.15, -0.1) is 0 Å². The van der Waals surface area contributed by atoms with Gasteiger partial charge >= 0.3 is 5.97 Å². The first-order valence-corrected chi connectivity index (χ1v) is 13.3. The van der Waals surface area contributed by atoms with Crippen molar-refractivity contribution in [2.24, 2.45) is 0 Å². The van der Waals surface area contributed by atoms with Crippen LogP contribution in [0.1, 0.15) is 27.9 Å². The predicted octanol–water partition coefficient (Wildman–Crippen LogP) is 4.74. The number of carboxylic acids is 1. The standard InChI is InChI=1S/C32H35NO9/c1-33(2)13-6-14-40-28-17-20(16-27(38-4)31(28)39-5)15-24(30(34)21-7-10-23(37-3)11-8-21)29(32(35)36)22-9-12-25-26(18-22)42-19-41-25/h7-12,16-18H,6,13-15,19H2,1-5H3,(H,35,36)/b29-24+. The van der Waals surface area contributed by atoms with Crippen molar-refractivity contribution in [3.05, 3.63) is 76.9 Å². The number of nitrogens with zero attached hydrogens (tertiary/aromatic N) is 1. The summed E-state index contributed by atoms with van der Waals surface area (Å²) in [6.07, 6.45) is 0.742. The first-order valence-electron chi connectivity index (χ1n) is 13.3. The van der Waals surface area contributed by atoms with Gasteiger partial charge in [0, 0.05) is 24.1 Å². The molecule has 1 N–H and O–H groups in total. The van der Waals surface area contributed by atoms with Gasteiger partial charge in [-0.2, -0.15) is 0 Å². The van der Waals surface area contributed by atoms with Crippen LogP contribution >= 0.6 is 0 Å². The normalized spacial score (nSPS) is 12.5. The summed E-state index contributed by atoms with van der Waals surface area (Å²) in [5, 5.41) is 10.5. The maximum atomic E-state index is 14.0. The SMILES string of the molecule is COc1ccc(C(=O)/C(Cc2cc(OC)c(OC)c(OCCCN(C)C)c2)=C(/C(=O)O)c2ccc3c(c2)OCO3)cc1. The van der Waals surface area contributed by atoms with Crippen molar-refractivity contribution in [3.63, 3.8) is 0 Å². The van der Waals surface area contributed by atoms with Gasteiger partial charge < -0.3 is 38.4 Å². The minimum Gasteiger partial charge on any atom is -0.497 e. The Morgan fingerprint density at radius 1 is 0.857 bits per heavy atom. The van der Waals surface area contributed by atoms with Crippen molar-refractivity contribution < 1.29 is 43.1 Å². The summed E-state index contributed by atoms with van der Waals surface area (Å²) in [7, 11) is 8.52. The molecule has 0 saturated carbocycles. The van der Waals surface area contributed by atoms with Crippen molar-refractivity contribution in [1.29, 1.82) is 0 Å². The van der Waals surface area contributed by atoms with E-state index in [4.69, 9.17) is 28.4 Å². The quantitative estimate of drug-likeness (QED) is 0.164. The van der Waals surface area contributed by atoms with E-state index in [0.717, 1.165) is 13.0 Å². The molecule has 0 amide bonds. The van der Waals surface area contributed by atoms with E-state index in [9.17, 15) is 14.7 Å². The highest BCUT2D eigenvalue weighted by atomic mass is 16.7. The van der Waals surface area contributed by atoms with Crippen molar-refractivity contribution in [1.82, 2.24) is 4.90 Å². The average molecular weight is 578 g/mol. The molecule has 0 aromatic heterocycles. The van der Waals surface area contributed by atoms with E-state index in [1.54, 1.807) is 54.6 Å². The lowest BCUT2D eigenvalue weighted by Crippen LogP contribution is -2.16. The molecule has 0 spiro atoms. The Labute approximate surface area is 245 Å². The smallest absolute Gasteiger partial charge is 0.336 e. The molecule has 10 nitrogen and oxygen atoms in total. The molecule has 42 heavy (non-hydrogen) atoms. The lowest BCUT2D eigenvalue weighted by Gasteiger charge is -2.18. The summed E-state index contributed by atoms with van der Waals surface area (Å²) in [5.41, 5.74) is 1.14. The van der Waals surface area contributed by atoms with Crippen molar-refractivity contribution in [3.8, 4) is 34.5 Å². The van der Waals surface area contributed by atoms with Gasteiger partial charge in [-0.25, -0.2) is 4.79 Å². The Balaban J connectivity index is 1.83. The van der Waals surface area contributed by atoms with E-state index in [1.807, 2.05) is 14.1 Å². The minimum atomic E-state index is -1.26. The minimum absolute atomic E-state index is 0.0324. The van der Waals surface area contributed by atoms with E-state index < -0.39 is 11.8 Å². The Morgan fingerprint density at radius 2 is 1.55 bits per heavy atom. The maximum Gasteiger partial charge on any atom is 0.336 e. The molecular formula is C32H35NO9. The van der Waals surface area contributed by atoms with Gasteiger partial charge in [-0.1, -0.05) is 6.07 Å². The summed E-state index contributed by atoms with van der Waals surface area (Å²) in [4.78, 5) is 28.9. The number of Topliss-reactive ketones (excluding diaryl/α,β-unsaturated/α-hetero) is 1. The van der Waals surface area contributed by atoms with Crippen LogP contribution in [-0.2, 0) is 11.2 Å². The Kier molecular flexibility index (Phi) is 9.93. The molecule has 0 unspecified atom stereocenters. The summed E-state index contributed by atoms with van der Waals surface area (Å²) < 4.78 is 33.3. The van der Waals surface area contributed by atoms with Gasteiger partial charge in [0.2, 0.25) is 12.5 Å². The number of fused-ring (bicyclic) bond motifs is 1. The number of hydrogen-bond acceptors (Lipinski definition) is 9. The molecule has 0 atom stereocenters. The molecule has 0 radical (unpaired) electrons. The number of ketones is 1. The molecular weight excluding hydrogens is 542 g/mol. The number of hydrogen-bond donors (Lipinski definition) is 1. The van der Waals surface area contributed by atoms with Gasteiger partial charge in [-0.05, 0) is 80.2 Å². The van der Waals surface area contributed by atoms with E-state index in [-0.39, 0.29) is 24.4 Å². The van der Waals surface area contributed by atoms with Crippen LogP contribution in [0.25, 0.3) is 5.57 Å². The Hall–Kier alpha value is -4.70. The first-order chi connectivity index (χ1) is 20.2. The van der Waals surface area contributed by atoms with E-state index in [0.29, 0.717) is 57.8 Å². The fourth-order valence-electron chi connectivity index (χ4n) is 4.64. The van der Waals surface area contributed by atoms with Gasteiger partial charge in [0.25, 0.3) is 0 Å². The Bertz CT molecular complexity index is 1460. The highest BCUT2D eigenvalue weighted by molar-refractivity contribution is 6.26. The fraction of sp³-hybridized carbons (Fsp3) is 0.312. The molecule has 0 fully saturated rings. The summed E-state index contributed by atoms with van der Waals surface area (Å²) in [5.74, 6) is 1.01. The largest absolute Gasteiger partial charge is 0.497 e. The third-order valence-corrected chi connectivity index (χ3v) is 6.70. The number of ether oxygens (including phenoxy) is 6. The predicted molar refractivity (Wildman–Crippen MR) is 156 cm³/mol. The topological polar surface area (TPSA) is 113 Å². The number of benzene rings is 3. The molecule has 1 heterocycles. The molecule has 3 aromatic rings. The highest BCUT2D eigenvalue weighted by Gasteiger charge is 2.27. The Morgan fingerprint density at radius 3 is 2.19 bits per heavy atom. The first kappa shape index (κ1) is 30.3.